The topological polar surface area (TPSA) is 56.1 Å². The van der Waals surface area contributed by atoms with E-state index in [4.69, 9.17) is 21.1 Å². The van der Waals surface area contributed by atoms with E-state index in [0.717, 1.165) is 35.8 Å². The molecule has 7 heteroatoms. The molecule has 4 rings (SSSR count). The van der Waals surface area contributed by atoms with E-state index in [2.05, 4.69) is 16.8 Å². The zero-order chi connectivity index (χ0) is 18.1. The van der Waals surface area contributed by atoms with Crippen molar-refractivity contribution in [3.05, 3.63) is 69.2 Å². The number of nitrogens with zero attached hydrogens (tertiary/aromatic N) is 3. The Bertz CT molecular complexity index is 1020. The Balaban J connectivity index is 1.55. The standard InChI is InChI=1S/C19H18ClN3O3/c1-2-22(9-13-3-5-16-17(7-13)26-12-25-16)11-15-8-19(24)23-10-14(20)4-6-18(23)21-15/h3-8,10H,2,9,11-12H2,1H3. The summed E-state index contributed by atoms with van der Waals surface area (Å²) in [6.07, 6.45) is 1.58. The number of aromatic nitrogens is 2. The van der Waals surface area contributed by atoms with Crippen LogP contribution in [0.25, 0.3) is 5.65 Å². The van der Waals surface area contributed by atoms with Crippen LogP contribution in [0.3, 0.4) is 0 Å². The summed E-state index contributed by atoms with van der Waals surface area (Å²) in [5, 5.41) is 0.507. The van der Waals surface area contributed by atoms with Crippen molar-refractivity contribution >= 4 is 17.2 Å². The predicted molar refractivity (Wildman–Crippen MR) is 98.8 cm³/mol. The molecule has 2 aromatic heterocycles. The summed E-state index contributed by atoms with van der Waals surface area (Å²) in [5.41, 5.74) is 2.32. The quantitative estimate of drug-likeness (QED) is 0.689. The molecule has 0 amide bonds. The second kappa shape index (κ2) is 6.97. The monoisotopic (exact) mass is 371 g/mol. The van der Waals surface area contributed by atoms with Crippen LogP contribution >= 0.6 is 11.6 Å². The minimum Gasteiger partial charge on any atom is -0.454 e. The lowest BCUT2D eigenvalue weighted by molar-refractivity contribution is 0.174. The molecule has 0 N–H and O–H groups in total. The average molecular weight is 372 g/mol. The maximum Gasteiger partial charge on any atom is 0.258 e. The Labute approximate surface area is 155 Å². The van der Waals surface area contributed by atoms with Crippen molar-refractivity contribution in [2.24, 2.45) is 0 Å². The van der Waals surface area contributed by atoms with Crippen molar-refractivity contribution in [3.8, 4) is 11.5 Å². The molecule has 0 bridgehead atoms. The zero-order valence-electron chi connectivity index (χ0n) is 14.3. The molecule has 26 heavy (non-hydrogen) atoms. The molecule has 0 aliphatic carbocycles. The second-order valence-corrected chi connectivity index (χ2v) is 6.59. The highest BCUT2D eigenvalue weighted by Gasteiger charge is 2.15. The first kappa shape index (κ1) is 16.9. The van der Waals surface area contributed by atoms with E-state index in [9.17, 15) is 4.79 Å². The van der Waals surface area contributed by atoms with E-state index in [0.29, 0.717) is 17.2 Å². The molecular weight excluding hydrogens is 354 g/mol. The molecule has 0 spiro atoms. The summed E-state index contributed by atoms with van der Waals surface area (Å²) in [4.78, 5) is 19.1. The van der Waals surface area contributed by atoms with Crippen molar-refractivity contribution in [2.45, 2.75) is 20.0 Å². The fourth-order valence-electron chi connectivity index (χ4n) is 3.01. The van der Waals surface area contributed by atoms with Gasteiger partial charge in [0.05, 0.1) is 10.7 Å². The van der Waals surface area contributed by atoms with Gasteiger partial charge in [-0.2, -0.15) is 0 Å². The van der Waals surface area contributed by atoms with E-state index in [1.807, 2.05) is 18.2 Å². The molecular formula is C19H18ClN3O3. The van der Waals surface area contributed by atoms with Crippen molar-refractivity contribution in [1.82, 2.24) is 14.3 Å². The summed E-state index contributed by atoms with van der Waals surface area (Å²) < 4.78 is 12.2. The Kier molecular flexibility index (Phi) is 4.53. The number of rotatable bonds is 5. The lowest BCUT2D eigenvalue weighted by atomic mass is 10.2. The predicted octanol–water partition coefficient (Wildman–Crippen LogP) is 3.10. The third kappa shape index (κ3) is 3.38. The maximum absolute atomic E-state index is 12.3. The molecule has 0 unspecified atom stereocenters. The fraction of sp³-hybridized carbons (Fsp3) is 0.263. The first-order valence-corrected chi connectivity index (χ1v) is 8.79. The van der Waals surface area contributed by atoms with Crippen molar-refractivity contribution in [3.63, 3.8) is 0 Å². The normalized spacial score (nSPS) is 12.9. The van der Waals surface area contributed by atoms with Crippen molar-refractivity contribution in [2.75, 3.05) is 13.3 Å². The van der Waals surface area contributed by atoms with Crippen molar-refractivity contribution in [1.29, 1.82) is 0 Å². The number of benzene rings is 1. The van der Waals surface area contributed by atoms with Crippen LogP contribution < -0.4 is 15.0 Å². The molecule has 3 heterocycles. The van der Waals surface area contributed by atoms with Crippen molar-refractivity contribution < 1.29 is 9.47 Å². The Hall–Kier alpha value is -2.57. The lowest BCUT2D eigenvalue weighted by Crippen LogP contribution is -2.25. The van der Waals surface area contributed by atoms with Crippen LogP contribution in [0.4, 0.5) is 0 Å². The van der Waals surface area contributed by atoms with E-state index in [-0.39, 0.29) is 12.4 Å². The summed E-state index contributed by atoms with van der Waals surface area (Å²) in [6.45, 7) is 4.50. The first-order valence-electron chi connectivity index (χ1n) is 8.41. The molecule has 0 saturated heterocycles. The highest BCUT2D eigenvalue weighted by molar-refractivity contribution is 6.30. The minimum atomic E-state index is -0.133. The Morgan fingerprint density at radius 1 is 1.15 bits per heavy atom. The fourth-order valence-corrected chi connectivity index (χ4v) is 3.17. The first-order chi connectivity index (χ1) is 12.6. The zero-order valence-corrected chi connectivity index (χ0v) is 15.1. The number of ether oxygens (including phenoxy) is 2. The number of fused-ring (bicyclic) bond motifs is 2. The molecule has 1 aliphatic heterocycles. The van der Waals surface area contributed by atoms with Gasteiger partial charge in [0.25, 0.3) is 5.56 Å². The van der Waals surface area contributed by atoms with Crippen LogP contribution in [0.15, 0.2) is 47.4 Å². The molecule has 1 aromatic carbocycles. The van der Waals surface area contributed by atoms with Gasteiger partial charge in [0.2, 0.25) is 6.79 Å². The van der Waals surface area contributed by atoms with Gasteiger partial charge in [-0.15, -0.1) is 0 Å². The molecule has 1 aliphatic rings. The molecule has 6 nitrogen and oxygen atoms in total. The smallest absolute Gasteiger partial charge is 0.258 e. The SMILES string of the molecule is CCN(Cc1ccc2c(c1)OCO2)Cc1cc(=O)n2cc(Cl)ccc2n1. The van der Waals surface area contributed by atoms with E-state index < -0.39 is 0 Å². The molecule has 3 aromatic rings. The minimum absolute atomic E-state index is 0.133. The van der Waals surface area contributed by atoms with E-state index in [1.165, 1.54) is 4.40 Å². The largest absolute Gasteiger partial charge is 0.454 e. The molecule has 0 saturated carbocycles. The van der Waals surface area contributed by atoms with E-state index in [1.54, 1.807) is 24.4 Å². The van der Waals surface area contributed by atoms with Crippen LogP contribution in [0.5, 0.6) is 11.5 Å². The summed E-state index contributed by atoms with van der Waals surface area (Å²) in [7, 11) is 0. The van der Waals surface area contributed by atoms with Gasteiger partial charge in [0, 0.05) is 25.4 Å². The van der Waals surface area contributed by atoms with Crippen LogP contribution in [0, 0.1) is 0 Å². The van der Waals surface area contributed by atoms with Gasteiger partial charge in [0.15, 0.2) is 11.5 Å². The highest BCUT2D eigenvalue weighted by Crippen LogP contribution is 2.32. The van der Waals surface area contributed by atoms with Gasteiger partial charge in [-0.05, 0) is 36.4 Å². The van der Waals surface area contributed by atoms with Crippen LogP contribution in [0.1, 0.15) is 18.2 Å². The molecule has 0 fully saturated rings. The average Bonchev–Trinajstić information content (AvgIpc) is 3.09. The number of hydrogen-bond acceptors (Lipinski definition) is 5. The highest BCUT2D eigenvalue weighted by atomic mass is 35.5. The van der Waals surface area contributed by atoms with Gasteiger partial charge in [-0.1, -0.05) is 24.6 Å². The maximum atomic E-state index is 12.3. The Morgan fingerprint density at radius 3 is 2.85 bits per heavy atom. The number of halogens is 1. The van der Waals surface area contributed by atoms with Gasteiger partial charge in [-0.25, -0.2) is 4.98 Å². The van der Waals surface area contributed by atoms with Crippen LogP contribution in [-0.4, -0.2) is 27.6 Å². The molecule has 0 radical (unpaired) electrons. The number of pyridine rings is 1. The summed E-state index contributed by atoms with van der Waals surface area (Å²) in [5.74, 6) is 1.55. The van der Waals surface area contributed by atoms with Gasteiger partial charge in [-0.3, -0.25) is 14.1 Å². The summed E-state index contributed by atoms with van der Waals surface area (Å²) >= 11 is 5.95. The molecule has 0 atom stereocenters. The number of hydrogen-bond donors (Lipinski definition) is 0. The Morgan fingerprint density at radius 2 is 2.00 bits per heavy atom. The van der Waals surface area contributed by atoms with E-state index >= 15 is 0 Å². The van der Waals surface area contributed by atoms with Crippen LogP contribution in [-0.2, 0) is 13.1 Å². The second-order valence-electron chi connectivity index (χ2n) is 6.15. The summed E-state index contributed by atoms with van der Waals surface area (Å²) in [6, 6.07) is 11.0. The van der Waals surface area contributed by atoms with Gasteiger partial charge >= 0.3 is 0 Å². The van der Waals surface area contributed by atoms with Gasteiger partial charge < -0.3 is 9.47 Å². The third-order valence-corrected chi connectivity index (χ3v) is 4.58. The molecule has 134 valence electrons. The lowest BCUT2D eigenvalue weighted by Gasteiger charge is -2.20. The van der Waals surface area contributed by atoms with Gasteiger partial charge in [0.1, 0.15) is 5.65 Å². The third-order valence-electron chi connectivity index (χ3n) is 4.35. The van der Waals surface area contributed by atoms with Crippen LogP contribution in [0.2, 0.25) is 5.02 Å².